The van der Waals surface area contributed by atoms with Crippen LogP contribution in [0.1, 0.15) is 43.3 Å². The zero-order valence-corrected chi connectivity index (χ0v) is 40.1. The molecule has 4 aromatic carbocycles. The lowest BCUT2D eigenvalue weighted by molar-refractivity contribution is 0.204. The third-order valence-electron chi connectivity index (χ3n) is 11.3. The quantitative estimate of drug-likeness (QED) is 0.129. The number of halogens is 1. The van der Waals surface area contributed by atoms with E-state index in [0.717, 1.165) is 28.3 Å². The summed E-state index contributed by atoms with van der Waals surface area (Å²) >= 11 is 0. The number of nitrogens with zero attached hydrogens (tertiary/aromatic N) is 9. The summed E-state index contributed by atoms with van der Waals surface area (Å²) in [5, 5.41) is 15.4. The first-order chi connectivity index (χ1) is 31.8. The Morgan fingerprint density at radius 1 is 0.701 bits per heavy atom. The molecule has 2 aliphatic heterocycles. The number of hydrogen-bond acceptors (Lipinski definition) is 14. The summed E-state index contributed by atoms with van der Waals surface area (Å²) < 4.78 is 74.3. The van der Waals surface area contributed by atoms with Crippen molar-refractivity contribution in [2.75, 3.05) is 66.8 Å². The summed E-state index contributed by atoms with van der Waals surface area (Å²) in [6, 6.07) is 32.2. The summed E-state index contributed by atoms with van der Waals surface area (Å²) in [4.78, 5) is 23.0. The molecule has 2 aliphatic rings. The normalized spacial score (nSPS) is 16.6. The van der Waals surface area contributed by atoms with Gasteiger partial charge in [-0.2, -0.15) is 23.8 Å². The first-order valence-electron chi connectivity index (χ1n) is 21.6. The second-order valence-electron chi connectivity index (χ2n) is 17.0. The fourth-order valence-electron chi connectivity index (χ4n) is 7.89. The predicted molar refractivity (Wildman–Crippen MR) is 258 cm³/mol. The number of sulfonamides is 2. The molecule has 19 heteroatoms. The first kappa shape index (κ1) is 48.2. The molecule has 2 aromatic heterocycles. The molecule has 0 radical (unpaired) electrons. The van der Waals surface area contributed by atoms with E-state index >= 15 is 0 Å². The minimum Gasteiger partial charge on any atom is -0.497 e. The van der Waals surface area contributed by atoms with Crippen molar-refractivity contribution in [2.45, 2.75) is 62.9 Å². The molecule has 67 heavy (non-hydrogen) atoms. The molecular formula is C48H54FN11O5S2. The number of methoxy groups -OCH3 is 1. The van der Waals surface area contributed by atoms with Gasteiger partial charge in [0.2, 0.25) is 31.9 Å². The summed E-state index contributed by atoms with van der Waals surface area (Å²) in [7, 11) is -5.70. The number of hydrogen-bond donors (Lipinski definition) is 2. The van der Waals surface area contributed by atoms with Crippen LogP contribution in [-0.4, -0.2) is 103 Å². The van der Waals surface area contributed by atoms with Gasteiger partial charge in [0.1, 0.15) is 23.2 Å². The van der Waals surface area contributed by atoms with Crippen LogP contribution < -0.4 is 25.2 Å². The number of nitrogens with one attached hydrogen (secondary N) is 2. The number of benzene rings is 4. The van der Waals surface area contributed by atoms with Crippen LogP contribution >= 0.6 is 0 Å². The molecule has 8 rings (SSSR count). The van der Waals surface area contributed by atoms with E-state index in [1.807, 2.05) is 87.7 Å². The standard InChI is InChI=1S/C25H28N6O3S.C23H26FN5O2S/c1-18-15-23(28-20-7-5-19(16-26)6-8-20)29-24(27-18)30-13-14-31(25(2,3)17-30)35(32,33)22-11-9-21(34-4)10-12-22;1-16-4-10-21(11-5-16)32(30,31)28-12-13-29(18(3)15-28)23-25-17(2)14-22(27-23)26-20-8-6-19(24)7-9-20/h5-12,15H,13-14,17H2,1-4H3,(H,27,28,29);4-11,14,18H,12-13,15H2,1-3H3,(H,25,26,27). The van der Waals surface area contributed by atoms with Crippen molar-refractivity contribution in [1.82, 2.24) is 28.5 Å². The van der Waals surface area contributed by atoms with Crippen molar-refractivity contribution < 1.29 is 26.0 Å². The monoisotopic (exact) mass is 947 g/mol. The third-order valence-corrected chi connectivity index (χ3v) is 15.4. The Balaban J connectivity index is 0.000000200. The Hall–Kier alpha value is -6.72. The highest BCUT2D eigenvalue weighted by Crippen LogP contribution is 2.32. The molecule has 0 spiro atoms. The maximum absolute atomic E-state index is 13.4. The smallest absolute Gasteiger partial charge is 0.243 e. The van der Waals surface area contributed by atoms with Crippen LogP contribution in [-0.2, 0) is 20.0 Å². The van der Waals surface area contributed by atoms with Crippen molar-refractivity contribution in [3.05, 3.63) is 138 Å². The highest BCUT2D eigenvalue weighted by atomic mass is 32.2. The van der Waals surface area contributed by atoms with Gasteiger partial charge in [-0.3, -0.25) is 0 Å². The van der Waals surface area contributed by atoms with Gasteiger partial charge in [0.25, 0.3) is 0 Å². The average Bonchev–Trinajstić information content (AvgIpc) is 3.29. The Kier molecular flexibility index (Phi) is 14.4. The van der Waals surface area contributed by atoms with E-state index in [2.05, 4.69) is 36.6 Å². The zero-order valence-electron chi connectivity index (χ0n) is 38.5. The minimum atomic E-state index is -3.69. The number of rotatable bonds is 11. The molecule has 2 saturated heterocycles. The van der Waals surface area contributed by atoms with Gasteiger partial charge in [0.05, 0.1) is 28.5 Å². The minimum absolute atomic E-state index is 0.107. The van der Waals surface area contributed by atoms with Crippen molar-refractivity contribution >= 4 is 55.0 Å². The van der Waals surface area contributed by atoms with Gasteiger partial charge in [-0.05, 0) is 126 Å². The summed E-state index contributed by atoms with van der Waals surface area (Å²) in [6.45, 7) is 13.8. The molecule has 1 atom stereocenters. The number of piperazine rings is 2. The third kappa shape index (κ3) is 11.5. The van der Waals surface area contributed by atoms with Gasteiger partial charge in [0.15, 0.2) is 0 Å². The van der Waals surface area contributed by atoms with Crippen LogP contribution in [0.3, 0.4) is 0 Å². The maximum atomic E-state index is 13.4. The molecule has 350 valence electrons. The van der Waals surface area contributed by atoms with Crippen LogP contribution in [0.15, 0.2) is 119 Å². The van der Waals surface area contributed by atoms with Crippen LogP contribution in [0, 0.1) is 37.9 Å². The van der Waals surface area contributed by atoms with Crippen LogP contribution in [0.2, 0.25) is 0 Å². The Labute approximate surface area is 392 Å². The largest absolute Gasteiger partial charge is 0.497 e. The van der Waals surface area contributed by atoms with Gasteiger partial charge in [-0.1, -0.05) is 17.7 Å². The van der Waals surface area contributed by atoms with Crippen LogP contribution in [0.5, 0.6) is 5.75 Å². The molecule has 1 unspecified atom stereocenters. The van der Waals surface area contributed by atoms with Gasteiger partial charge in [-0.15, -0.1) is 0 Å². The van der Waals surface area contributed by atoms with E-state index < -0.39 is 25.6 Å². The second kappa shape index (κ2) is 20.0. The highest BCUT2D eigenvalue weighted by Gasteiger charge is 2.42. The average molecular weight is 948 g/mol. The molecule has 0 amide bonds. The van der Waals surface area contributed by atoms with E-state index in [9.17, 15) is 21.2 Å². The molecule has 4 heterocycles. The molecule has 0 aliphatic carbocycles. The van der Waals surface area contributed by atoms with Crippen molar-refractivity contribution in [3.63, 3.8) is 0 Å². The Morgan fingerprint density at radius 2 is 1.24 bits per heavy atom. The van der Waals surface area contributed by atoms with Crippen molar-refractivity contribution in [1.29, 1.82) is 5.26 Å². The molecule has 2 N–H and O–H groups in total. The number of nitriles is 1. The van der Waals surface area contributed by atoms with Gasteiger partial charge in [-0.25, -0.2) is 31.2 Å². The van der Waals surface area contributed by atoms with Crippen molar-refractivity contribution in [3.8, 4) is 11.8 Å². The molecule has 0 saturated carbocycles. The van der Waals surface area contributed by atoms with Gasteiger partial charge >= 0.3 is 0 Å². The molecule has 16 nitrogen and oxygen atoms in total. The fraction of sp³-hybridized carbons (Fsp3) is 0.312. The molecule has 6 aromatic rings. The predicted octanol–water partition coefficient (Wildman–Crippen LogP) is 7.57. The topological polar surface area (TPSA) is 190 Å². The van der Waals surface area contributed by atoms with Crippen molar-refractivity contribution in [2.24, 2.45) is 0 Å². The fourth-order valence-corrected chi connectivity index (χ4v) is 11.2. The van der Waals surface area contributed by atoms with E-state index in [-0.39, 0.29) is 16.8 Å². The van der Waals surface area contributed by atoms with E-state index in [0.29, 0.717) is 79.0 Å². The second-order valence-corrected chi connectivity index (χ2v) is 20.8. The molecular weight excluding hydrogens is 894 g/mol. The lowest BCUT2D eigenvalue weighted by atomic mass is 10.0. The van der Waals surface area contributed by atoms with Gasteiger partial charge in [0, 0.05) is 85.7 Å². The molecule has 2 fully saturated rings. The first-order valence-corrected chi connectivity index (χ1v) is 24.5. The number of ether oxygens (including phenoxy) is 1. The van der Waals surface area contributed by atoms with E-state index in [4.69, 9.17) is 10.00 Å². The number of aromatic nitrogens is 4. The maximum Gasteiger partial charge on any atom is 0.243 e. The number of anilines is 6. The van der Waals surface area contributed by atoms with E-state index in [1.165, 1.54) is 16.4 Å². The van der Waals surface area contributed by atoms with Crippen LogP contribution in [0.25, 0.3) is 0 Å². The Morgan fingerprint density at radius 3 is 1.79 bits per heavy atom. The SMILES string of the molecule is COc1ccc(S(=O)(=O)N2CCN(c3nc(C)cc(Nc4ccc(C#N)cc4)n3)CC2(C)C)cc1.Cc1ccc(S(=O)(=O)N2CCN(c3nc(C)cc(Nc4ccc(F)cc4)n3)C(C)C2)cc1. The number of aryl methyl sites for hydroxylation is 3. The lowest BCUT2D eigenvalue weighted by Crippen LogP contribution is -2.61. The van der Waals surface area contributed by atoms with Crippen LogP contribution in [0.4, 0.5) is 39.3 Å². The molecule has 0 bridgehead atoms. The Bertz CT molecular complexity index is 2950. The summed E-state index contributed by atoms with van der Waals surface area (Å²) in [5.74, 6) is 2.60. The van der Waals surface area contributed by atoms with E-state index in [1.54, 1.807) is 72.1 Å². The highest BCUT2D eigenvalue weighted by molar-refractivity contribution is 7.89. The zero-order chi connectivity index (χ0) is 48.1. The lowest BCUT2D eigenvalue weighted by Gasteiger charge is -2.46. The summed E-state index contributed by atoms with van der Waals surface area (Å²) in [5.41, 5.74) is 4.01. The van der Waals surface area contributed by atoms with Gasteiger partial charge < -0.3 is 25.2 Å². The summed E-state index contributed by atoms with van der Waals surface area (Å²) in [6.07, 6.45) is 0.